The summed E-state index contributed by atoms with van der Waals surface area (Å²) >= 11 is 4.20. The van der Waals surface area contributed by atoms with E-state index in [0.29, 0.717) is 5.56 Å². The van der Waals surface area contributed by atoms with Crippen LogP contribution in [0.1, 0.15) is 33.3 Å². The highest BCUT2D eigenvalue weighted by atomic mass is 79.9. The van der Waals surface area contributed by atoms with Crippen molar-refractivity contribution < 1.29 is 48.1 Å². The third kappa shape index (κ3) is 7.99. The Morgan fingerprint density at radius 1 is 0.912 bits per heavy atom. The Bertz CT molecular complexity index is 938. The molecular formula is C21H24BrNO10S. The van der Waals surface area contributed by atoms with Crippen LogP contribution in [0.5, 0.6) is 0 Å². The fourth-order valence-corrected chi connectivity index (χ4v) is 4.48. The lowest BCUT2D eigenvalue weighted by molar-refractivity contribution is -0.237. The van der Waals surface area contributed by atoms with Crippen molar-refractivity contribution in [3.8, 4) is 0 Å². The van der Waals surface area contributed by atoms with Crippen LogP contribution in [-0.2, 0) is 42.9 Å². The zero-order valence-electron chi connectivity index (χ0n) is 18.8. The highest BCUT2D eigenvalue weighted by Crippen LogP contribution is 2.36. The van der Waals surface area contributed by atoms with Crippen LogP contribution in [0.2, 0.25) is 0 Å². The Balaban J connectivity index is 2.48. The van der Waals surface area contributed by atoms with Crippen molar-refractivity contribution in [1.82, 2.24) is 0 Å². The van der Waals surface area contributed by atoms with Crippen molar-refractivity contribution in [2.75, 3.05) is 6.61 Å². The predicted molar refractivity (Wildman–Crippen MR) is 122 cm³/mol. The maximum absolute atomic E-state index is 11.9. The lowest BCUT2D eigenvalue weighted by atomic mass is 9.99. The summed E-state index contributed by atoms with van der Waals surface area (Å²) in [6.45, 7) is 4.26. The van der Waals surface area contributed by atoms with Crippen LogP contribution in [0.3, 0.4) is 0 Å². The average Bonchev–Trinajstić information content (AvgIpc) is 2.74. The number of carbonyl (C=O) groups excluding carboxylic acids is 4. The monoisotopic (exact) mass is 561 g/mol. The lowest BCUT2D eigenvalue weighted by Crippen LogP contribution is -2.61. The van der Waals surface area contributed by atoms with Crippen LogP contribution < -0.4 is 0 Å². The molecule has 0 radical (unpaired) electrons. The SMILES string of the molecule is CC(=O)OC[C@H]1O[C@@H](S/C(=N\O)c2ccc(Br)cc2)[C@H](OC(C)=O)[C@@H](OC(C)=O)[C@@H]1OC(C)=O. The summed E-state index contributed by atoms with van der Waals surface area (Å²) in [6, 6.07) is 6.82. The molecule has 0 aliphatic carbocycles. The summed E-state index contributed by atoms with van der Waals surface area (Å²) in [4.78, 5) is 46.9. The Hall–Kier alpha value is -2.64. The molecule has 13 heteroatoms. The van der Waals surface area contributed by atoms with E-state index in [0.717, 1.165) is 37.0 Å². The topological polar surface area (TPSA) is 147 Å². The molecule has 2 rings (SSSR count). The molecule has 0 aromatic heterocycles. The molecule has 1 fully saturated rings. The van der Waals surface area contributed by atoms with E-state index < -0.39 is 53.7 Å². The molecule has 1 N–H and O–H groups in total. The first kappa shape index (κ1) is 27.6. The van der Waals surface area contributed by atoms with Crippen molar-refractivity contribution in [2.45, 2.75) is 57.5 Å². The maximum Gasteiger partial charge on any atom is 0.303 e. The minimum Gasteiger partial charge on any atom is -0.463 e. The molecule has 1 aliphatic rings. The van der Waals surface area contributed by atoms with Gasteiger partial charge in [0.1, 0.15) is 17.8 Å². The first-order chi connectivity index (χ1) is 16.0. The molecule has 11 nitrogen and oxygen atoms in total. The summed E-state index contributed by atoms with van der Waals surface area (Å²) in [5.74, 6) is -2.80. The number of hydrogen-bond acceptors (Lipinski definition) is 12. The van der Waals surface area contributed by atoms with Crippen molar-refractivity contribution in [1.29, 1.82) is 0 Å². The zero-order valence-corrected chi connectivity index (χ0v) is 21.2. The Labute approximate surface area is 208 Å². The highest BCUT2D eigenvalue weighted by molar-refractivity contribution is 9.10. The lowest BCUT2D eigenvalue weighted by Gasteiger charge is -2.44. The van der Waals surface area contributed by atoms with Gasteiger partial charge >= 0.3 is 23.9 Å². The number of benzene rings is 1. The maximum atomic E-state index is 11.9. The van der Waals surface area contributed by atoms with Gasteiger partial charge in [0.25, 0.3) is 0 Å². The highest BCUT2D eigenvalue weighted by Gasteiger charge is 2.52. The van der Waals surface area contributed by atoms with Crippen LogP contribution in [0.4, 0.5) is 0 Å². The normalized spacial score (nSPS) is 24.6. The molecular weight excluding hydrogens is 538 g/mol. The summed E-state index contributed by atoms with van der Waals surface area (Å²) in [6.07, 6.45) is -4.92. The average molecular weight is 562 g/mol. The molecule has 0 spiro atoms. The van der Waals surface area contributed by atoms with Crippen LogP contribution in [0.25, 0.3) is 0 Å². The van der Waals surface area contributed by atoms with Crippen LogP contribution in [-0.4, -0.2) is 70.6 Å². The van der Waals surface area contributed by atoms with Gasteiger partial charge in [-0.2, -0.15) is 0 Å². The van der Waals surface area contributed by atoms with E-state index >= 15 is 0 Å². The molecule has 34 heavy (non-hydrogen) atoms. The molecule has 186 valence electrons. The number of halogens is 1. The second kappa shape index (κ2) is 12.7. The first-order valence-electron chi connectivity index (χ1n) is 9.97. The molecule has 0 amide bonds. The number of esters is 4. The fraction of sp³-hybridized carbons (Fsp3) is 0.476. The van der Waals surface area contributed by atoms with Gasteiger partial charge < -0.3 is 28.9 Å². The number of nitrogens with zero attached hydrogens (tertiary/aromatic N) is 1. The van der Waals surface area contributed by atoms with Gasteiger partial charge in [-0.05, 0) is 12.1 Å². The molecule has 1 heterocycles. The molecule has 1 saturated heterocycles. The predicted octanol–water partition coefficient (Wildman–Crippen LogP) is 2.40. The van der Waals surface area contributed by atoms with Crippen molar-refractivity contribution >= 4 is 56.6 Å². The van der Waals surface area contributed by atoms with E-state index in [2.05, 4.69) is 21.1 Å². The smallest absolute Gasteiger partial charge is 0.303 e. The third-order valence-corrected chi connectivity index (χ3v) is 6.04. The number of carbonyl (C=O) groups is 4. The number of thioether (sulfide) groups is 1. The molecule has 0 saturated carbocycles. The Kier molecular flexibility index (Phi) is 10.3. The molecule has 5 atom stereocenters. The van der Waals surface area contributed by atoms with Crippen molar-refractivity contribution in [2.24, 2.45) is 5.16 Å². The number of oxime groups is 1. The van der Waals surface area contributed by atoms with E-state index in [1.165, 1.54) is 6.92 Å². The fourth-order valence-electron chi connectivity index (χ4n) is 3.14. The van der Waals surface area contributed by atoms with E-state index in [-0.39, 0.29) is 11.7 Å². The second-order valence-corrected chi connectivity index (χ2v) is 9.10. The van der Waals surface area contributed by atoms with E-state index in [1.54, 1.807) is 24.3 Å². The van der Waals surface area contributed by atoms with Gasteiger partial charge in [-0.1, -0.05) is 45.0 Å². The Morgan fingerprint density at radius 2 is 1.44 bits per heavy atom. The summed E-state index contributed by atoms with van der Waals surface area (Å²) in [7, 11) is 0. The van der Waals surface area contributed by atoms with Gasteiger partial charge in [0.05, 0.1) is 0 Å². The summed E-state index contributed by atoms with van der Waals surface area (Å²) < 4.78 is 27.9. The number of hydrogen-bond donors (Lipinski definition) is 1. The van der Waals surface area contributed by atoms with Gasteiger partial charge in [0, 0.05) is 37.7 Å². The van der Waals surface area contributed by atoms with Crippen LogP contribution in [0.15, 0.2) is 33.9 Å². The van der Waals surface area contributed by atoms with Crippen LogP contribution in [0, 0.1) is 0 Å². The van der Waals surface area contributed by atoms with E-state index in [1.807, 2.05) is 0 Å². The quantitative estimate of drug-likeness (QED) is 0.131. The largest absolute Gasteiger partial charge is 0.463 e. The molecule has 1 aromatic rings. The zero-order chi connectivity index (χ0) is 25.4. The number of rotatable bonds is 7. The third-order valence-electron chi connectivity index (χ3n) is 4.36. The van der Waals surface area contributed by atoms with E-state index in [4.69, 9.17) is 23.7 Å². The molecule has 0 bridgehead atoms. The van der Waals surface area contributed by atoms with Gasteiger partial charge in [-0.3, -0.25) is 19.2 Å². The van der Waals surface area contributed by atoms with Crippen LogP contribution >= 0.6 is 27.7 Å². The second-order valence-electron chi connectivity index (χ2n) is 7.10. The summed E-state index contributed by atoms with van der Waals surface area (Å²) in [5.41, 5.74) is -0.585. The van der Waals surface area contributed by atoms with Gasteiger partial charge in [0.15, 0.2) is 23.7 Å². The molecule has 1 aliphatic heterocycles. The Morgan fingerprint density at radius 3 is 1.94 bits per heavy atom. The molecule has 1 aromatic carbocycles. The van der Waals surface area contributed by atoms with Crippen molar-refractivity contribution in [3.63, 3.8) is 0 Å². The number of ether oxygens (including phenoxy) is 5. The standard InChI is InChI=1S/C21H24BrNO10S/c1-10(24)29-9-16-17(30-11(2)25)18(31-12(3)26)19(32-13(4)27)21(33-16)34-20(23-28)14-5-7-15(22)8-6-14/h5-8,16-19,21,28H,9H2,1-4H3/b23-20-/t16-,17-,18+,19-,21+/m1/s1. The first-order valence-corrected chi connectivity index (χ1v) is 11.6. The van der Waals surface area contributed by atoms with Gasteiger partial charge in [0.2, 0.25) is 0 Å². The minimum atomic E-state index is -1.30. The van der Waals surface area contributed by atoms with Gasteiger partial charge in [-0.25, -0.2) is 0 Å². The van der Waals surface area contributed by atoms with Gasteiger partial charge in [-0.15, -0.1) is 0 Å². The van der Waals surface area contributed by atoms with Crippen molar-refractivity contribution in [3.05, 3.63) is 34.3 Å². The summed E-state index contributed by atoms with van der Waals surface area (Å²) in [5, 5.41) is 13.1. The molecule has 0 unspecified atom stereocenters. The van der Waals surface area contributed by atoms with E-state index in [9.17, 15) is 24.4 Å². The minimum absolute atomic E-state index is 0.105.